The van der Waals surface area contributed by atoms with Gasteiger partial charge in [0.1, 0.15) is 13.2 Å². The lowest BCUT2D eigenvalue weighted by atomic mass is 9.49. The minimum absolute atomic E-state index is 0.527. The minimum atomic E-state index is 0.527. The predicted octanol–water partition coefficient (Wildman–Crippen LogP) is 4.09. The number of hydrogen-bond acceptors (Lipinski definition) is 3. The summed E-state index contributed by atoms with van der Waals surface area (Å²) in [4.78, 5) is 4.86. The SMILES string of the molecule is C(=NCC12CC3CC(CC(C3)C1)C2)c1ccc2c(c1)OCCO2. The monoisotopic (exact) mass is 311 g/mol. The summed E-state index contributed by atoms with van der Waals surface area (Å²) in [6.07, 6.45) is 10.8. The van der Waals surface area contributed by atoms with Crippen molar-refractivity contribution in [3.05, 3.63) is 23.8 Å². The fourth-order valence-electron chi connectivity index (χ4n) is 5.97. The van der Waals surface area contributed by atoms with E-state index in [1.165, 1.54) is 38.5 Å². The molecule has 0 aromatic heterocycles. The maximum absolute atomic E-state index is 5.66. The molecule has 1 aliphatic heterocycles. The number of hydrogen-bond donors (Lipinski definition) is 0. The molecule has 0 N–H and O–H groups in total. The van der Waals surface area contributed by atoms with Crippen LogP contribution in [0.4, 0.5) is 0 Å². The Bertz CT molecular complexity index is 601. The Morgan fingerprint density at radius 2 is 1.61 bits per heavy atom. The van der Waals surface area contributed by atoms with Crippen molar-refractivity contribution < 1.29 is 9.47 Å². The van der Waals surface area contributed by atoms with Crippen LogP contribution in [0.1, 0.15) is 44.1 Å². The molecule has 0 amide bonds. The van der Waals surface area contributed by atoms with Crippen LogP contribution in [-0.4, -0.2) is 26.0 Å². The first-order valence-electron chi connectivity index (χ1n) is 9.18. The number of rotatable bonds is 3. The van der Waals surface area contributed by atoms with Crippen molar-refractivity contribution in [2.75, 3.05) is 19.8 Å². The van der Waals surface area contributed by atoms with Gasteiger partial charge in [-0.1, -0.05) is 0 Å². The fraction of sp³-hybridized carbons (Fsp3) is 0.650. The van der Waals surface area contributed by atoms with Crippen LogP contribution in [0, 0.1) is 23.2 Å². The van der Waals surface area contributed by atoms with Crippen molar-refractivity contribution in [2.45, 2.75) is 38.5 Å². The minimum Gasteiger partial charge on any atom is -0.486 e. The van der Waals surface area contributed by atoms with Crippen LogP contribution in [0.25, 0.3) is 0 Å². The van der Waals surface area contributed by atoms with Gasteiger partial charge in [-0.25, -0.2) is 0 Å². The summed E-state index contributed by atoms with van der Waals surface area (Å²) in [5, 5.41) is 0. The van der Waals surface area contributed by atoms with E-state index in [0.717, 1.165) is 41.4 Å². The third-order valence-corrected chi connectivity index (χ3v) is 6.40. The largest absolute Gasteiger partial charge is 0.486 e. The van der Waals surface area contributed by atoms with E-state index in [2.05, 4.69) is 12.1 Å². The van der Waals surface area contributed by atoms with E-state index < -0.39 is 0 Å². The number of ether oxygens (including phenoxy) is 2. The van der Waals surface area contributed by atoms with Crippen LogP contribution in [0.15, 0.2) is 23.2 Å². The van der Waals surface area contributed by atoms with Crippen LogP contribution in [-0.2, 0) is 0 Å². The van der Waals surface area contributed by atoms with Gasteiger partial charge in [-0.2, -0.15) is 0 Å². The van der Waals surface area contributed by atoms with Gasteiger partial charge in [0.15, 0.2) is 11.5 Å². The van der Waals surface area contributed by atoms with Crippen molar-refractivity contribution in [1.29, 1.82) is 0 Å². The van der Waals surface area contributed by atoms with Crippen molar-refractivity contribution in [3.8, 4) is 11.5 Å². The van der Waals surface area contributed by atoms with Crippen molar-refractivity contribution in [2.24, 2.45) is 28.2 Å². The molecule has 4 aliphatic carbocycles. The topological polar surface area (TPSA) is 30.8 Å². The molecular formula is C20H25NO2. The summed E-state index contributed by atoms with van der Waals surface area (Å²) in [6, 6.07) is 6.13. The Balaban J connectivity index is 1.30. The molecule has 1 heterocycles. The molecule has 0 unspecified atom stereocenters. The average Bonchev–Trinajstić information content (AvgIpc) is 2.53. The molecule has 3 heteroatoms. The van der Waals surface area contributed by atoms with Gasteiger partial charge in [-0.3, -0.25) is 4.99 Å². The summed E-state index contributed by atoms with van der Waals surface area (Å²) < 4.78 is 11.2. The first-order valence-corrected chi connectivity index (χ1v) is 9.18. The predicted molar refractivity (Wildman–Crippen MR) is 90.5 cm³/mol. The van der Waals surface area contributed by atoms with Crippen molar-refractivity contribution >= 4 is 6.21 Å². The molecule has 0 atom stereocenters. The summed E-state index contributed by atoms with van der Waals surface area (Å²) >= 11 is 0. The zero-order valence-corrected chi connectivity index (χ0v) is 13.7. The molecule has 1 aromatic rings. The molecule has 23 heavy (non-hydrogen) atoms. The standard InChI is InChI=1S/C20H25NO2/c1-2-18-19(23-4-3-22-18)8-14(1)12-21-13-20-9-15-5-16(10-20)7-17(6-15)11-20/h1-2,8,12,15-17H,3-7,9-11,13H2. The Morgan fingerprint density at radius 1 is 0.957 bits per heavy atom. The average molecular weight is 311 g/mol. The maximum Gasteiger partial charge on any atom is 0.162 e. The molecule has 3 nitrogen and oxygen atoms in total. The molecule has 1 aromatic carbocycles. The molecule has 0 saturated heterocycles. The highest BCUT2D eigenvalue weighted by molar-refractivity contribution is 5.81. The van der Waals surface area contributed by atoms with Gasteiger partial charge in [0.25, 0.3) is 0 Å². The Morgan fingerprint density at radius 3 is 2.30 bits per heavy atom. The highest BCUT2D eigenvalue weighted by atomic mass is 16.6. The second-order valence-electron chi connectivity index (χ2n) is 8.29. The van der Waals surface area contributed by atoms with E-state index >= 15 is 0 Å². The highest BCUT2D eigenvalue weighted by Gasteiger charge is 2.50. The zero-order chi connectivity index (χ0) is 15.3. The molecule has 6 rings (SSSR count). The highest BCUT2D eigenvalue weighted by Crippen LogP contribution is 2.60. The van der Waals surface area contributed by atoms with Crippen molar-refractivity contribution in [1.82, 2.24) is 0 Å². The lowest BCUT2D eigenvalue weighted by Crippen LogP contribution is -2.47. The van der Waals surface area contributed by atoms with E-state index in [-0.39, 0.29) is 0 Å². The number of nitrogens with zero attached hydrogens (tertiary/aromatic N) is 1. The van der Waals surface area contributed by atoms with E-state index in [1.54, 1.807) is 0 Å². The first-order chi connectivity index (χ1) is 11.3. The van der Waals surface area contributed by atoms with E-state index in [1.807, 2.05) is 12.3 Å². The number of benzene rings is 1. The Labute approximate surface area is 138 Å². The summed E-state index contributed by atoms with van der Waals surface area (Å²) in [5.41, 5.74) is 1.65. The molecule has 4 fully saturated rings. The number of aliphatic imine (C=N–C) groups is 1. The normalized spacial score (nSPS) is 37.5. The smallest absolute Gasteiger partial charge is 0.162 e. The molecule has 0 spiro atoms. The fourth-order valence-corrected chi connectivity index (χ4v) is 5.97. The lowest BCUT2D eigenvalue weighted by Gasteiger charge is -2.56. The molecule has 4 bridgehead atoms. The van der Waals surface area contributed by atoms with E-state index in [4.69, 9.17) is 14.5 Å². The molecule has 5 aliphatic rings. The lowest BCUT2D eigenvalue weighted by molar-refractivity contribution is -0.0464. The Kier molecular flexibility index (Phi) is 3.17. The summed E-state index contributed by atoms with van der Waals surface area (Å²) in [7, 11) is 0. The third kappa shape index (κ3) is 2.54. The second kappa shape index (κ2) is 5.25. The van der Waals surface area contributed by atoms with Crippen molar-refractivity contribution in [3.63, 3.8) is 0 Å². The summed E-state index contributed by atoms with van der Waals surface area (Å²) in [5.74, 6) is 4.73. The van der Waals surface area contributed by atoms with Crippen LogP contribution in [0.5, 0.6) is 11.5 Å². The molecule has 122 valence electrons. The zero-order valence-electron chi connectivity index (χ0n) is 13.7. The molecular weight excluding hydrogens is 286 g/mol. The quantitative estimate of drug-likeness (QED) is 0.787. The van der Waals surface area contributed by atoms with Crippen LogP contribution in [0.3, 0.4) is 0 Å². The van der Waals surface area contributed by atoms with Gasteiger partial charge in [-0.15, -0.1) is 0 Å². The van der Waals surface area contributed by atoms with E-state index in [0.29, 0.717) is 18.6 Å². The Hall–Kier alpha value is -1.51. The first kappa shape index (κ1) is 13.9. The van der Waals surface area contributed by atoms with Gasteiger partial charge in [0, 0.05) is 12.8 Å². The maximum atomic E-state index is 5.66. The number of fused-ring (bicyclic) bond motifs is 1. The molecule has 4 saturated carbocycles. The third-order valence-electron chi connectivity index (χ3n) is 6.40. The van der Waals surface area contributed by atoms with Crippen LogP contribution < -0.4 is 9.47 Å². The van der Waals surface area contributed by atoms with Gasteiger partial charge in [0.2, 0.25) is 0 Å². The van der Waals surface area contributed by atoms with Gasteiger partial charge < -0.3 is 9.47 Å². The van der Waals surface area contributed by atoms with Crippen LogP contribution >= 0.6 is 0 Å². The summed E-state index contributed by atoms with van der Waals surface area (Å²) in [6.45, 7) is 2.30. The van der Waals surface area contributed by atoms with Crippen LogP contribution in [0.2, 0.25) is 0 Å². The van der Waals surface area contributed by atoms with Gasteiger partial charge in [-0.05, 0) is 85.5 Å². The molecule has 0 radical (unpaired) electrons. The van der Waals surface area contributed by atoms with Gasteiger partial charge >= 0.3 is 0 Å². The second-order valence-corrected chi connectivity index (χ2v) is 8.29. The van der Waals surface area contributed by atoms with E-state index in [9.17, 15) is 0 Å². The van der Waals surface area contributed by atoms with Gasteiger partial charge in [0.05, 0.1) is 0 Å².